The minimum atomic E-state index is -4.69. The third-order valence-electron chi connectivity index (χ3n) is 6.48. The smallest absolute Gasteiger partial charge is 0.267 e. The lowest BCUT2D eigenvalue weighted by molar-refractivity contribution is -0.136. The maximum atomic E-state index is 13.6. The number of nitrogens with one attached hydrogen (secondary N) is 6. The molecule has 1 aliphatic heterocycles. The van der Waals surface area contributed by atoms with Gasteiger partial charge in [0.2, 0.25) is 23.6 Å². The molecule has 9 N–H and O–H groups in total. The van der Waals surface area contributed by atoms with Crippen LogP contribution in [0.15, 0.2) is 30.3 Å². The number of carbonyl (C=O) groups is 4. The van der Waals surface area contributed by atoms with Crippen LogP contribution in [-0.4, -0.2) is 97.6 Å². The summed E-state index contributed by atoms with van der Waals surface area (Å²) in [7, 11) is -3.07. The summed E-state index contributed by atoms with van der Waals surface area (Å²) in [6.45, 7) is 3.26. The molecule has 0 bridgehead atoms. The van der Waals surface area contributed by atoms with Crippen molar-refractivity contribution in [2.24, 2.45) is 11.7 Å². The van der Waals surface area contributed by atoms with E-state index in [1.807, 2.05) is 18.2 Å². The van der Waals surface area contributed by atoms with Gasteiger partial charge in [-0.05, 0) is 31.4 Å². The van der Waals surface area contributed by atoms with Crippen LogP contribution in [0.1, 0.15) is 32.3 Å². The Hall–Kier alpha value is -3.76. The van der Waals surface area contributed by atoms with Gasteiger partial charge in [-0.25, -0.2) is 0 Å². The van der Waals surface area contributed by atoms with Crippen LogP contribution in [0.2, 0.25) is 0 Å². The van der Waals surface area contributed by atoms with Gasteiger partial charge in [0.15, 0.2) is 5.96 Å². The van der Waals surface area contributed by atoms with E-state index in [1.54, 1.807) is 37.9 Å². The Balaban J connectivity index is 2.48. The zero-order chi connectivity index (χ0) is 30.7. The molecule has 1 aromatic rings. The van der Waals surface area contributed by atoms with Gasteiger partial charge in [-0.15, -0.1) is 0 Å². The highest BCUT2D eigenvalue weighted by atomic mass is 32.2. The second-order valence-corrected chi connectivity index (χ2v) is 11.7. The number of guanidine groups is 1. The van der Waals surface area contributed by atoms with Gasteiger partial charge in [0.25, 0.3) is 10.1 Å². The average Bonchev–Trinajstić information content (AvgIpc) is 2.87. The predicted molar refractivity (Wildman–Crippen MR) is 151 cm³/mol. The molecule has 1 heterocycles. The van der Waals surface area contributed by atoms with E-state index in [9.17, 15) is 32.1 Å². The van der Waals surface area contributed by atoms with E-state index >= 15 is 0 Å². The molecule has 16 heteroatoms. The minimum absolute atomic E-state index is 0.156. The van der Waals surface area contributed by atoms with Gasteiger partial charge >= 0.3 is 0 Å². The highest BCUT2D eigenvalue weighted by molar-refractivity contribution is 7.85. The molecule has 4 unspecified atom stereocenters. The topological polar surface area (TPSA) is 236 Å². The highest BCUT2D eigenvalue weighted by Crippen LogP contribution is 2.16. The Morgan fingerprint density at radius 1 is 1.07 bits per heavy atom. The first-order valence-corrected chi connectivity index (χ1v) is 14.8. The summed E-state index contributed by atoms with van der Waals surface area (Å²) in [6.07, 6.45) is -0.120. The molecule has 0 radical (unpaired) electrons. The lowest BCUT2D eigenvalue weighted by Gasteiger charge is -2.38. The third kappa shape index (κ3) is 11.3. The summed E-state index contributed by atoms with van der Waals surface area (Å²) in [5.41, 5.74) is 6.11. The van der Waals surface area contributed by atoms with Crippen molar-refractivity contribution in [1.82, 2.24) is 31.5 Å². The Labute approximate surface area is 239 Å². The Bertz CT molecular complexity index is 1200. The van der Waals surface area contributed by atoms with Crippen molar-refractivity contribution in [1.29, 1.82) is 5.41 Å². The number of hydrogen-bond acceptors (Lipinski definition) is 8. The Morgan fingerprint density at radius 3 is 2.32 bits per heavy atom. The molecule has 1 aromatic carbocycles. The predicted octanol–water partition coefficient (Wildman–Crippen LogP) is -2.12. The van der Waals surface area contributed by atoms with Gasteiger partial charge in [-0.3, -0.25) is 34.0 Å². The fraction of sp³-hybridized carbons (Fsp3) is 0.560. The van der Waals surface area contributed by atoms with Gasteiger partial charge in [-0.1, -0.05) is 44.2 Å². The molecule has 0 aliphatic carbocycles. The summed E-state index contributed by atoms with van der Waals surface area (Å²) >= 11 is 0. The minimum Gasteiger partial charge on any atom is -0.370 e. The Kier molecular flexibility index (Phi) is 12.5. The highest BCUT2D eigenvalue weighted by Gasteiger charge is 2.36. The number of carbonyl (C=O) groups excluding carboxylic acids is 4. The summed E-state index contributed by atoms with van der Waals surface area (Å²) in [4.78, 5) is 54.1. The molecule has 41 heavy (non-hydrogen) atoms. The molecule has 0 saturated carbocycles. The van der Waals surface area contributed by atoms with Crippen molar-refractivity contribution in [2.75, 3.05) is 25.9 Å². The van der Waals surface area contributed by atoms with Crippen molar-refractivity contribution in [3.05, 3.63) is 35.9 Å². The lowest BCUT2D eigenvalue weighted by atomic mass is 9.98. The first kappa shape index (κ1) is 33.4. The van der Waals surface area contributed by atoms with Gasteiger partial charge in [0.1, 0.15) is 17.8 Å². The number of amides is 4. The molecule has 15 nitrogen and oxygen atoms in total. The second kappa shape index (κ2) is 15.3. The quantitative estimate of drug-likeness (QED) is 0.0667. The average molecular weight is 597 g/mol. The van der Waals surface area contributed by atoms with E-state index in [2.05, 4.69) is 26.6 Å². The molecule has 4 amide bonds. The fourth-order valence-corrected chi connectivity index (χ4v) is 5.19. The summed E-state index contributed by atoms with van der Waals surface area (Å²) in [5.74, 6) is -4.57. The maximum Gasteiger partial charge on any atom is 0.267 e. The third-order valence-corrected chi connectivity index (χ3v) is 7.24. The second-order valence-electron chi connectivity index (χ2n) is 10.2. The molecular formula is C25H40N8O7S. The van der Waals surface area contributed by atoms with Gasteiger partial charge in [0, 0.05) is 13.0 Å². The van der Waals surface area contributed by atoms with Crippen LogP contribution >= 0.6 is 0 Å². The number of rotatable bonds is 9. The van der Waals surface area contributed by atoms with Crippen molar-refractivity contribution < 1.29 is 32.1 Å². The molecule has 2 rings (SSSR count). The van der Waals surface area contributed by atoms with Crippen LogP contribution in [0, 0.1) is 11.3 Å². The molecule has 0 aromatic heterocycles. The summed E-state index contributed by atoms with van der Waals surface area (Å²) in [6, 6.07) is 5.51. The molecular weight excluding hydrogens is 556 g/mol. The molecule has 1 saturated heterocycles. The molecule has 1 aliphatic rings. The Morgan fingerprint density at radius 2 is 1.73 bits per heavy atom. The number of nitrogens with two attached hydrogens (primary N) is 1. The van der Waals surface area contributed by atoms with E-state index in [0.717, 1.165) is 5.56 Å². The van der Waals surface area contributed by atoms with Crippen LogP contribution < -0.4 is 32.3 Å². The standard InChI is InChI=1S/C25H40N8O7S/c1-15(2)21-24(37)31-17(10-7-11-28-25(26)27)22(35)29-13-20(34)30-18(14-41(38,39)40)23(36)32-19(33(21)3)12-16-8-5-4-6-9-16/h4-6,8-9,15,17-19,21H,7,10-14H2,1-3H3,(H,29,35)(H,30,34)(H,31,37)(H,32,36)(H4,26,27,28)(H,38,39,40). The van der Waals surface area contributed by atoms with Gasteiger partial charge in [-0.2, -0.15) is 8.42 Å². The van der Waals surface area contributed by atoms with Crippen molar-refractivity contribution in [3.63, 3.8) is 0 Å². The van der Waals surface area contributed by atoms with Gasteiger partial charge in [0.05, 0.1) is 18.8 Å². The van der Waals surface area contributed by atoms with Gasteiger partial charge < -0.3 is 32.3 Å². The molecule has 0 spiro atoms. The van der Waals surface area contributed by atoms with Crippen molar-refractivity contribution in [3.8, 4) is 0 Å². The van der Waals surface area contributed by atoms with E-state index in [4.69, 9.17) is 11.1 Å². The number of nitrogens with zero attached hydrogens (tertiary/aromatic N) is 1. The maximum absolute atomic E-state index is 13.6. The summed E-state index contributed by atoms with van der Waals surface area (Å²) in [5, 5.41) is 20.0. The number of hydrogen-bond donors (Lipinski definition) is 8. The van der Waals surface area contributed by atoms with E-state index in [-0.39, 0.29) is 31.3 Å². The zero-order valence-electron chi connectivity index (χ0n) is 23.3. The SMILES string of the molecule is CC(C)C1C(=O)NC(CCCNC(=N)N)C(=O)NCC(=O)NC(CS(=O)(=O)O)C(=O)NC(Cc2ccccc2)N1C. The van der Waals surface area contributed by atoms with Crippen LogP contribution in [0.5, 0.6) is 0 Å². The van der Waals surface area contributed by atoms with E-state index in [1.165, 1.54) is 0 Å². The van der Waals surface area contributed by atoms with Crippen LogP contribution in [0.4, 0.5) is 0 Å². The first-order valence-electron chi connectivity index (χ1n) is 13.1. The molecule has 1 fully saturated rings. The first-order chi connectivity index (χ1) is 19.2. The monoisotopic (exact) mass is 596 g/mol. The zero-order valence-corrected chi connectivity index (χ0v) is 24.2. The lowest BCUT2D eigenvalue weighted by Crippen LogP contribution is -2.63. The van der Waals surface area contributed by atoms with Crippen LogP contribution in [0.25, 0.3) is 0 Å². The van der Waals surface area contributed by atoms with Crippen LogP contribution in [0.3, 0.4) is 0 Å². The summed E-state index contributed by atoms with van der Waals surface area (Å²) < 4.78 is 32.8. The fourth-order valence-electron chi connectivity index (χ4n) is 4.54. The van der Waals surface area contributed by atoms with Crippen molar-refractivity contribution in [2.45, 2.75) is 57.4 Å². The molecule has 228 valence electrons. The number of likely N-dealkylation sites (N-methyl/N-ethyl adjacent to an activating group) is 1. The largest absolute Gasteiger partial charge is 0.370 e. The van der Waals surface area contributed by atoms with Crippen LogP contribution in [-0.2, 0) is 35.7 Å². The normalized spacial score (nSPS) is 23.5. The van der Waals surface area contributed by atoms with Crippen molar-refractivity contribution >= 4 is 39.7 Å². The van der Waals surface area contributed by atoms with E-state index < -0.39 is 70.3 Å². The number of benzene rings is 1. The van der Waals surface area contributed by atoms with E-state index in [0.29, 0.717) is 6.42 Å². The molecule has 4 atom stereocenters.